The first kappa shape index (κ1) is 30.9. The maximum absolute atomic E-state index is 14.1. The highest BCUT2D eigenvalue weighted by Gasteiger charge is 2.33. The highest BCUT2D eigenvalue weighted by molar-refractivity contribution is 7.92. The molecule has 0 heterocycles. The third-order valence-electron chi connectivity index (χ3n) is 6.85. The van der Waals surface area contributed by atoms with Crippen LogP contribution in [0.2, 0.25) is 0 Å². The number of rotatable bonds is 12. The Hall–Kier alpha value is -3.65. The minimum absolute atomic E-state index is 0.0968. The van der Waals surface area contributed by atoms with Crippen LogP contribution in [0, 0.1) is 26.7 Å². The zero-order chi connectivity index (χ0) is 29.4. The number of nitrogens with one attached hydrogen (secondary N) is 1. The topological polar surface area (TPSA) is 86.8 Å². The zero-order valence-electron chi connectivity index (χ0n) is 24.3. The third-order valence-corrected chi connectivity index (χ3v) is 8.64. The van der Waals surface area contributed by atoms with Crippen LogP contribution in [0.4, 0.5) is 5.69 Å². The van der Waals surface area contributed by atoms with Crippen LogP contribution in [0.1, 0.15) is 49.4 Å². The summed E-state index contributed by atoms with van der Waals surface area (Å²) in [6.45, 7) is 11.8. The average molecular weight is 564 g/mol. The first-order valence-electron chi connectivity index (χ1n) is 13.7. The van der Waals surface area contributed by atoms with E-state index in [1.54, 1.807) is 42.5 Å². The monoisotopic (exact) mass is 563 g/mol. The van der Waals surface area contributed by atoms with E-state index in [0.717, 1.165) is 26.6 Å². The molecule has 0 saturated heterocycles. The van der Waals surface area contributed by atoms with Gasteiger partial charge < -0.3 is 10.2 Å². The molecule has 1 atom stereocenters. The summed E-state index contributed by atoms with van der Waals surface area (Å²) in [4.78, 5) is 29.1. The second-order valence-corrected chi connectivity index (χ2v) is 12.5. The molecule has 0 fully saturated rings. The average Bonchev–Trinajstić information content (AvgIpc) is 2.91. The fourth-order valence-corrected chi connectivity index (χ4v) is 5.87. The third kappa shape index (κ3) is 7.72. The lowest BCUT2D eigenvalue weighted by molar-refractivity contribution is -0.140. The molecule has 214 valence electrons. The molecule has 0 unspecified atom stereocenters. The van der Waals surface area contributed by atoms with E-state index in [1.807, 2.05) is 71.9 Å². The fourth-order valence-electron chi connectivity index (χ4n) is 4.46. The smallest absolute Gasteiger partial charge is 0.264 e. The standard InChI is InChI=1S/C32H41N3O4S/c1-7-30(32(37)33-20-23(2)3)34(21-27-13-9-8-12-26(27)6)31(36)22-35(28-14-10-11-25(5)19-28)40(38,39)29-17-15-24(4)16-18-29/h8-19,23,30H,7,20-22H2,1-6H3,(H,33,37)/t30-/m1/s1. The highest BCUT2D eigenvalue weighted by atomic mass is 32.2. The molecule has 0 aliphatic carbocycles. The summed E-state index contributed by atoms with van der Waals surface area (Å²) in [6.07, 6.45) is 0.386. The molecule has 0 spiro atoms. The van der Waals surface area contributed by atoms with E-state index in [2.05, 4.69) is 5.32 Å². The van der Waals surface area contributed by atoms with Crippen LogP contribution < -0.4 is 9.62 Å². The molecule has 0 aliphatic rings. The van der Waals surface area contributed by atoms with Gasteiger partial charge in [0.2, 0.25) is 11.8 Å². The van der Waals surface area contributed by atoms with Crippen LogP contribution in [0.3, 0.4) is 0 Å². The Bertz CT molecular complexity index is 1420. The zero-order valence-corrected chi connectivity index (χ0v) is 25.2. The minimum Gasteiger partial charge on any atom is -0.354 e. The first-order valence-corrected chi connectivity index (χ1v) is 15.2. The van der Waals surface area contributed by atoms with Gasteiger partial charge in [-0.05, 0) is 74.1 Å². The maximum Gasteiger partial charge on any atom is 0.264 e. The molecule has 1 N–H and O–H groups in total. The molecule has 3 rings (SSSR count). The van der Waals surface area contributed by atoms with Gasteiger partial charge >= 0.3 is 0 Å². The lowest BCUT2D eigenvalue weighted by Crippen LogP contribution is -2.52. The molecule has 7 nitrogen and oxygen atoms in total. The van der Waals surface area contributed by atoms with Crippen LogP contribution in [0.15, 0.2) is 77.7 Å². The van der Waals surface area contributed by atoms with E-state index in [0.29, 0.717) is 18.7 Å². The number of benzene rings is 3. The summed E-state index contributed by atoms with van der Waals surface area (Å²) in [5, 5.41) is 2.96. The minimum atomic E-state index is -4.09. The first-order chi connectivity index (χ1) is 18.9. The lowest BCUT2D eigenvalue weighted by atomic mass is 10.1. The van der Waals surface area contributed by atoms with Gasteiger partial charge in [-0.1, -0.05) is 74.9 Å². The van der Waals surface area contributed by atoms with Crippen LogP contribution in [0.5, 0.6) is 0 Å². The normalized spacial score (nSPS) is 12.2. The van der Waals surface area contributed by atoms with Crippen molar-refractivity contribution in [3.63, 3.8) is 0 Å². The van der Waals surface area contributed by atoms with E-state index in [1.165, 1.54) is 4.90 Å². The second kappa shape index (κ2) is 13.6. The van der Waals surface area contributed by atoms with Crippen LogP contribution >= 0.6 is 0 Å². The van der Waals surface area contributed by atoms with E-state index in [-0.39, 0.29) is 23.3 Å². The van der Waals surface area contributed by atoms with E-state index >= 15 is 0 Å². The van der Waals surface area contributed by atoms with Crippen molar-refractivity contribution in [3.05, 3.63) is 95.1 Å². The molecule has 0 aliphatic heterocycles. The summed E-state index contributed by atoms with van der Waals surface area (Å²) in [6, 6.07) is 20.6. The molecule has 0 saturated carbocycles. The molecular formula is C32H41N3O4S. The Labute approximate surface area is 239 Å². The summed E-state index contributed by atoms with van der Waals surface area (Å²) in [7, 11) is -4.09. The van der Waals surface area contributed by atoms with Crippen LogP contribution in [-0.4, -0.2) is 44.3 Å². The Morgan fingerprint density at radius 3 is 2.15 bits per heavy atom. The number of anilines is 1. The number of hydrogen-bond donors (Lipinski definition) is 1. The quantitative estimate of drug-likeness (QED) is 0.320. The van der Waals surface area contributed by atoms with Crippen molar-refractivity contribution >= 4 is 27.5 Å². The Kier molecular flexibility index (Phi) is 10.5. The van der Waals surface area contributed by atoms with Gasteiger partial charge in [-0.3, -0.25) is 13.9 Å². The summed E-state index contributed by atoms with van der Waals surface area (Å²) in [5.74, 6) is -0.452. The SMILES string of the molecule is CC[C@H](C(=O)NCC(C)C)N(Cc1ccccc1C)C(=O)CN(c1cccc(C)c1)S(=O)(=O)c1ccc(C)cc1. The number of carbonyl (C=O) groups excluding carboxylic acids is 2. The van der Waals surface area contributed by atoms with Crippen molar-refractivity contribution in [1.29, 1.82) is 0 Å². The summed E-state index contributed by atoms with van der Waals surface area (Å²) in [5.41, 5.74) is 4.07. The summed E-state index contributed by atoms with van der Waals surface area (Å²) < 4.78 is 29.1. The predicted octanol–water partition coefficient (Wildman–Crippen LogP) is 5.39. The number of sulfonamides is 1. The van der Waals surface area contributed by atoms with Crippen molar-refractivity contribution in [1.82, 2.24) is 10.2 Å². The van der Waals surface area contributed by atoms with Gasteiger partial charge in [0.1, 0.15) is 12.6 Å². The van der Waals surface area contributed by atoms with Gasteiger partial charge in [0.25, 0.3) is 10.0 Å². The molecule has 0 radical (unpaired) electrons. The van der Waals surface area contributed by atoms with E-state index in [4.69, 9.17) is 0 Å². The van der Waals surface area contributed by atoms with Gasteiger partial charge in [-0.15, -0.1) is 0 Å². The molecule has 0 bridgehead atoms. The fraction of sp³-hybridized carbons (Fsp3) is 0.375. The Balaban J connectivity index is 2.06. The number of amides is 2. The molecule has 3 aromatic rings. The van der Waals surface area contributed by atoms with Crippen molar-refractivity contribution in [2.45, 2.75) is 65.4 Å². The Morgan fingerprint density at radius 2 is 1.55 bits per heavy atom. The molecule has 2 amide bonds. The van der Waals surface area contributed by atoms with Crippen LogP contribution in [0.25, 0.3) is 0 Å². The van der Waals surface area contributed by atoms with Gasteiger partial charge in [0.05, 0.1) is 10.6 Å². The lowest BCUT2D eigenvalue weighted by Gasteiger charge is -2.33. The second-order valence-electron chi connectivity index (χ2n) is 10.7. The van der Waals surface area contributed by atoms with Crippen molar-refractivity contribution in [3.8, 4) is 0 Å². The van der Waals surface area contributed by atoms with Crippen molar-refractivity contribution < 1.29 is 18.0 Å². The number of aryl methyl sites for hydroxylation is 3. The van der Waals surface area contributed by atoms with Gasteiger partial charge in [-0.2, -0.15) is 0 Å². The van der Waals surface area contributed by atoms with Gasteiger partial charge in [-0.25, -0.2) is 8.42 Å². The molecule has 40 heavy (non-hydrogen) atoms. The van der Waals surface area contributed by atoms with Gasteiger partial charge in [0, 0.05) is 13.1 Å². The van der Waals surface area contributed by atoms with Crippen LogP contribution in [-0.2, 0) is 26.2 Å². The molecule has 3 aromatic carbocycles. The van der Waals surface area contributed by atoms with E-state index in [9.17, 15) is 18.0 Å². The number of carbonyl (C=O) groups is 2. The van der Waals surface area contributed by atoms with Gasteiger partial charge in [0.15, 0.2) is 0 Å². The van der Waals surface area contributed by atoms with Crippen molar-refractivity contribution in [2.75, 3.05) is 17.4 Å². The number of hydrogen-bond acceptors (Lipinski definition) is 4. The molecule has 8 heteroatoms. The summed E-state index contributed by atoms with van der Waals surface area (Å²) >= 11 is 0. The number of nitrogens with zero attached hydrogens (tertiary/aromatic N) is 2. The highest BCUT2D eigenvalue weighted by Crippen LogP contribution is 2.26. The van der Waals surface area contributed by atoms with E-state index < -0.39 is 28.5 Å². The molecular weight excluding hydrogens is 522 g/mol. The predicted molar refractivity (Wildman–Crippen MR) is 161 cm³/mol. The Morgan fingerprint density at radius 1 is 0.875 bits per heavy atom. The largest absolute Gasteiger partial charge is 0.354 e. The molecule has 0 aromatic heterocycles. The van der Waals surface area contributed by atoms with Crippen molar-refractivity contribution in [2.24, 2.45) is 5.92 Å². The maximum atomic E-state index is 14.1.